The molecule has 0 bridgehead atoms. The zero-order chi connectivity index (χ0) is 14.9. The molecule has 0 saturated heterocycles. The van der Waals surface area contributed by atoms with Crippen LogP contribution in [-0.2, 0) is 0 Å². The molecule has 0 aliphatic rings. The van der Waals surface area contributed by atoms with Crippen LogP contribution >= 0.6 is 11.6 Å². The maximum absolute atomic E-state index is 10.7. The molecule has 0 aromatic heterocycles. The molecule has 2 rings (SSSR count). The van der Waals surface area contributed by atoms with Crippen molar-refractivity contribution in [3.8, 4) is 5.75 Å². The van der Waals surface area contributed by atoms with Crippen molar-refractivity contribution in [3.63, 3.8) is 0 Å². The quantitative estimate of drug-likeness (QED) is 0.910. The van der Waals surface area contributed by atoms with Gasteiger partial charge in [0.2, 0.25) is 0 Å². The Morgan fingerprint density at radius 2 is 1.65 bits per heavy atom. The number of ether oxygens (including phenoxy) is 1. The molecule has 0 saturated carbocycles. The Morgan fingerprint density at radius 3 is 2.20 bits per heavy atom. The summed E-state index contributed by atoms with van der Waals surface area (Å²) in [6.45, 7) is 6.10. The van der Waals surface area contributed by atoms with Gasteiger partial charge in [0, 0.05) is 0 Å². The van der Waals surface area contributed by atoms with Gasteiger partial charge in [-0.25, -0.2) is 0 Å². The monoisotopic (exact) mass is 290 g/mol. The van der Waals surface area contributed by atoms with Crippen molar-refractivity contribution in [1.82, 2.24) is 0 Å². The van der Waals surface area contributed by atoms with Crippen LogP contribution in [0.25, 0.3) is 0 Å². The van der Waals surface area contributed by atoms with E-state index in [4.69, 9.17) is 16.3 Å². The molecule has 0 fully saturated rings. The zero-order valence-electron chi connectivity index (χ0n) is 12.2. The fraction of sp³-hybridized carbons (Fsp3) is 0.294. The average Bonchev–Trinajstić information content (AvgIpc) is 2.37. The highest BCUT2D eigenvalue weighted by atomic mass is 35.5. The van der Waals surface area contributed by atoms with Gasteiger partial charge in [-0.15, -0.1) is 0 Å². The molecule has 20 heavy (non-hydrogen) atoms. The summed E-state index contributed by atoms with van der Waals surface area (Å²) in [5, 5.41) is 11.2. The lowest BCUT2D eigenvalue weighted by Crippen LogP contribution is -2.05. The lowest BCUT2D eigenvalue weighted by atomic mass is 9.92. The Balaban J connectivity index is 2.49. The van der Waals surface area contributed by atoms with Gasteiger partial charge in [-0.1, -0.05) is 35.4 Å². The van der Waals surface area contributed by atoms with Crippen molar-refractivity contribution in [2.75, 3.05) is 7.11 Å². The number of aliphatic hydroxyl groups excluding tert-OH is 1. The zero-order valence-corrected chi connectivity index (χ0v) is 13.0. The third kappa shape index (κ3) is 2.82. The summed E-state index contributed by atoms with van der Waals surface area (Å²) >= 11 is 6.02. The second kappa shape index (κ2) is 5.86. The molecule has 2 aromatic carbocycles. The first-order chi connectivity index (χ1) is 9.43. The standard InChI is InChI=1S/C17H19ClO2/c1-10-7-11(2)16(12(3)8-10)17(19)13-5-6-14(18)15(9-13)20-4/h5-9,17,19H,1-4H3. The normalized spacial score (nSPS) is 12.3. The number of aliphatic hydroxyl groups is 1. The molecule has 0 spiro atoms. The summed E-state index contributed by atoms with van der Waals surface area (Å²) in [4.78, 5) is 0. The summed E-state index contributed by atoms with van der Waals surface area (Å²) in [7, 11) is 1.57. The molecule has 0 amide bonds. The van der Waals surface area contributed by atoms with E-state index in [1.807, 2.05) is 19.9 Å². The largest absolute Gasteiger partial charge is 0.495 e. The first-order valence-corrected chi connectivity index (χ1v) is 6.91. The van der Waals surface area contributed by atoms with E-state index in [0.717, 1.165) is 22.3 Å². The van der Waals surface area contributed by atoms with Gasteiger partial charge in [-0.05, 0) is 55.2 Å². The van der Waals surface area contributed by atoms with Crippen molar-refractivity contribution < 1.29 is 9.84 Å². The number of halogens is 1. The number of rotatable bonds is 3. The Labute approximate surface area is 125 Å². The minimum atomic E-state index is -0.679. The number of aryl methyl sites for hydroxylation is 3. The molecule has 0 aliphatic carbocycles. The highest BCUT2D eigenvalue weighted by Crippen LogP contribution is 2.33. The summed E-state index contributed by atoms with van der Waals surface area (Å²) in [6, 6.07) is 9.52. The van der Waals surface area contributed by atoms with Gasteiger partial charge < -0.3 is 9.84 Å². The molecule has 0 heterocycles. The van der Waals surface area contributed by atoms with E-state index >= 15 is 0 Å². The minimum absolute atomic E-state index is 0.542. The van der Waals surface area contributed by atoms with Crippen molar-refractivity contribution >= 4 is 11.6 Å². The Morgan fingerprint density at radius 1 is 1.05 bits per heavy atom. The van der Waals surface area contributed by atoms with Crippen LogP contribution in [0.15, 0.2) is 30.3 Å². The molecule has 1 N–H and O–H groups in total. The molecular weight excluding hydrogens is 272 g/mol. The van der Waals surface area contributed by atoms with Crippen LogP contribution in [0.1, 0.15) is 33.9 Å². The van der Waals surface area contributed by atoms with E-state index < -0.39 is 6.10 Å². The van der Waals surface area contributed by atoms with E-state index in [0.29, 0.717) is 10.8 Å². The molecule has 2 aromatic rings. The summed E-state index contributed by atoms with van der Waals surface area (Å²) < 4.78 is 5.21. The third-order valence-corrected chi connectivity index (χ3v) is 3.81. The van der Waals surface area contributed by atoms with E-state index in [-0.39, 0.29) is 0 Å². The highest BCUT2D eigenvalue weighted by molar-refractivity contribution is 6.32. The number of benzene rings is 2. The molecule has 1 atom stereocenters. The molecule has 3 heteroatoms. The lowest BCUT2D eigenvalue weighted by molar-refractivity contribution is 0.218. The van der Waals surface area contributed by atoms with E-state index in [1.165, 1.54) is 5.56 Å². The SMILES string of the molecule is COc1cc(C(O)c2c(C)cc(C)cc2C)ccc1Cl. The number of methoxy groups -OCH3 is 1. The van der Waals surface area contributed by atoms with E-state index in [1.54, 1.807) is 19.2 Å². The number of hydrogen-bond acceptors (Lipinski definition) is 2. The van der Waals surface area contributed by atoms with E-state index in [2.05, 4.69) is 19.1 Å². The predicted octanol–water partition coefficient (Wildman–Crippen LogP) is 4.36. The smallest absolute Gasteiger partial charge is 0.137 e. The van der Waals surface area contributed by atoms with Crippen LogP contribution < -0.4 is 4.74 Å². The van der Waals surface area contributed by atoms with Gasteiger partial charge in [-0.2, -0.15) is 0 Å². The maximum Gasteiger partial charge on any atom is 0.137 e. The van der Waals surface area contributed by atoms with Gasteiger partial charge in [0.1, 0.15) is 11.9 Å². The van der Waals surface area contributed by atoms with Gasteiger partial charge in [0.25, 0.3) is 0 Å². The van der Waals surface area contributed by atoms with Crippen molar-refractivity contribution in [1.29, 1.82) is 0 Å². The third-order valence-electron chi connectivity index (χ3n) is 3.50. The summed E-state index contributed by atoms with van der Waals surface area (Å²) in [5.74, 6) is 0.575. The summed E-state index contributed by atoms with van der Waals surface area (Å²) in [6.07, 6.45) is -0.679. The highest BCUT2D eigenvalue weighted by Gasteiger charge is 2.17. The van der Waals surface area contributed by atoms with E-state index in [9.17, 15) is 5.11 Å². The van der Waals surface area contributed by atoms with Crippen molar-refractivity contribution in [2.45, 2.75) is 26.9 Å². The predicted molar refractivity (Wildman–Crippen MR) is 82.7 cm³/mol. The van der Waals surface area contributed by atoms with Crippen LogP contribution in [-0.4, -0.2) is 12.2 Å². The van der Waals surface area contributed by atoms with Crippen LogP contribution in [0.4, 0.5) is 0 Å². The first kappa shape index (κ1) is 14.9. The fourth-order valence-electron chi connectivity index (χ4n) is 2.64. The first-order valence-electron chi connectivity index (χ1n) is 6.53. The number of hydrogen-bond donors (Lipinski definition) is 1. The van der Waals surface area contributed by atoms with Crippen molar-refractivity contribution in [3.05, 3.63) is 63.2 Å². The maximum atomic E-state index is 10.7. The molecule has 0 radical (unpaired) electrons. The van der Waals surface area contributed by atoms with Gasteiger partial charge >= 0.3 is 0 Å². The van der Waals surface area contributed by atoms with Gasteiger partial charge in [0.05, 0.1) is 12.1 Å². The second-order valence-electron chi connectivity index (χ2n) is 5.11. The fourth-order valence-corrected chi connectivity index (χ4v) is 2.83. The lowest BCUT2D eigenvalue weighted by Gasteiger charge is -2.18. The Bertz CT molecular complexity index is 612. The Kier molecular flexibility index (Phi) is 4.36. The van der Waals surface area contributed by atoms with Gasteiger partial charge in [-0.3, -0.25) is 0 Å². The van der Waals surface area contributed by atoms with Crippen LogP contribution in [0.5, 0.6) is 5.75 Å². The molecule has 0 aliphatic heterocycles. The average molecular weight is 291 g/mol. The topological polar surface area (TPSA) is 29.5 Å². The Hall–Kier alpha value is -1.51. The molecule has 1 unspecified atom stereocenters. The van der Waals surface area contributed by atoms with Gasteiger partial charge in [0.15, 0.2) is 0 Å². The van der Waals surface area contributed by atoms with Crippen LogP contribution in [0.2, 0.25) is 5.02 Å². The van der Waals surface area contributed by atoms with Crippen LogP contribution in [0, 0.1) is 20.8 Å². The minimum Gasteiger partial charge on any atom is -0.495 e. The molecular formula is C17H19ClO2. The molecule has 2 nitrogen and oxygen atoms in total. The molecule has 106 valence electrons. The second-order valence-corrected chi connectivity index (χ2v) is 5.52. The summed E-state index contributed by atoms with van der Waals surface area (Å²) in [5.41, 5.74) is 5.10. The van der Waals surface area contributed by atoms with Crippen LogP contribution in [0.3, 0.4) is 0 Å². The van der Waals surface area contributed by atoms with Crippen molar-refractivity contribution in [2.24, 2.45) is 0 Å².